The van der Waals surface area contributed by atoms with E-state index in [0.717, 1.165) is 37.1 Å². The van der Waals surface area contributed by atoms with Crippen LogP contribution in [0, 0.1) is 0 Å². The van der Waals surface area contributed by atoms with Crippen LogP contribution in [0.1, 0.15) is 31.2 Å². The highest BCUT2D eigenvalue weighted by atomic mass is 32.2. The number of rotatable bonds is 1. The molecule has 0 unspecified atom stereocenters. The summed E-state index contributed by atoms with van der Waals surface area (Å²) in [6.07, 6.45) is 7.09. The minimum absolute atomic E-state index is 0.435. The number of aliphatic imine (C=N–C) groups is 1. The average molecular weight is 459 g/mol. The molecule has 2 aromatic rings. The summed E-state index contributed by atoms with van der Waals surface area (Å²) in [6.45, 7) is 3.36. The molecule has 0 N–H and O–H groups in total. The van der Waals surface area contributed by atoms with E-state index in [1.807, 2.05) is 36.4 Å². The molecule has 0 spiro atoms. The second kappa shape index (κ2) is 10.3. The second-order valence-electron chi connectivity index (χ2n) is 8.02. The van der Waals surface area contributed by atoms with Crippen LogP contribution in [-0.4, -0.2) is 74.0 Å². The van der Waals surface area contributed by atoms with E-state index in [4.69, 9.17) is 14.5 Å². The minimum Gasteiger partial charge on any atom is -0.490 e. The van der Waals surface area contributed by atoms with Crippen molar-refractivity contribution < 1.29 is 17.9 Å². The molecular weight excluding hydrogens is 428 g/mol. The summed E-state index contributed by atoms with van der Waals surface area (Å²) in [6, 6.07) is 11.5. The lowest BCUT2D eigenvalue weighted by molar-refractivity contribution is 0.266. The summed E-state index contributed by atoms with van der Waals surface area (Å²) in [5.74, 6) is 2.58. The summed E-state index contributed by atoms with van der Waals surface area (Å²) in [7, 11) is -3.20. The molecule has 0 amide bonds. The maximum Gasteiger partial charge on any atom is 0.230 e. The molecular formula is C23H30N4O4S. The van der Waals surface area contributed by atoms with Gasteiger partial charge in [0.15, 0.2) is 11.5 Å². The zero-order valence-corrected chi connectivity index (χ0v) is 19.3. The van der Waals surface area contributed by atoms with Crippen LogP contribution in [0.5, 0.6) is 17.4 Å². The van der Waals surface area contributed by atoms with Crippen LogP contribution in [0.2, 0.25) is 0 Å². The Morgan fingerprint density at radius 2 is 1.66 bits per heavy atom. The Labute approximate surface area is 189 Å². The predicted molar refractivity (Wildman–Crippen MR) is 124 cm³/mol. The zero-order chi connectivity index (χ0) is 22.4. The number of aromatic nitrogens is 1. The number of benzene rings is 1. The van der Waals surface area contributed by atoms with E-state index >= 15 is 0 Å². The van der Waals surface area contributed by atoms with Gasteiger partial charge in [-0.2, -0.15) is 4.31 Å². The normalized spacial score (nSPS) is 18.9. The van der Waals surface area contributed by atoms with E-state index < -0.39 is 10.0 Å². The third-order valence-corrected chi connectivity index (χ3v) is 6.95. The van der Waals surface area contributed by atoms with Crippen LogP contribution in [0.3, 0.4) is 0 Å². The largest absolute Gasteiger partial charge is 0.490 e. The van der Waals surface area contributed by atoms with Crippen molar-refractivity contribution in [3.63, 3.8) is 0 Å². The first-order chi connectivity index (χ1) is 15.5. The Morgan fingerprint density at radius 1 is 0.906 bits per heavy atom. The Bertz CT molecular complexity index is 1050. The highest BCUT2D eigenvalue weighted by molar-refractivity contribution is 7.88. The topological polar surface area (TPSA) is 84.3 Å². The Morgan fingerprint density at radius 3 is 2.44 bits per heavy atom. The van der Waals surface area contributed by atoms with Crippen molar-refractivity contribution in [1.29, 1.82) is 0 Å². The molecule has 0 radical (unpaired) electrons. The van der Waals surface area contributed by atoms with Gasteiger partial charge in [0.25, 0.3) is 0 Å². The molecule has 0 bridgehead atoms. The zero-order valence-electron chi connectivity index (χ0n) is 18.4. The van der Waals surface area contributed by atoms with E-state index in [9.17, 15) is 8.42 Å². The summed E-state index contributed by atoms with van der Waals surface area (Å²) in [5.41, 5.74) is 0.798. The van der Waals surface area contributed by atoms with Gasteiger partial charge in [0.1, 0.15) is 5.84 Å². The molecule has 0 saturated carbocycles. The van der Waals surface area contributed by atoms with E-state index in [1.54, 1.807) is 6.20 Å². The van der Waals surface area contributed by atoms with Crippen molar-refractivity contribution >= 4 is 15.9 Å². The molecule has 1 fully saturated rings. The second-order valence-corrected chi connectivity index (χ2v) is 10.0. The molecule has 2 aliphatic rings. The van der Waals surface area contributed by atoms with Gasteiger partial charge in [0.2, 0.25) is 15.9 Å². The fourth-order valence-electron chi connectivity index (χ4n) is 3.92. The quantitative estimate of drug-likeness (QED) is 0.653. The Hall–Kier alpha value is -2.65. The molecule has 2 aliphatic heterocycles. The van der Waals surface area contributed by atoms with Gasteiger partial charge in [-0.05, 0) is 43.5 Å². The SMILES string of the molecule is CS(=O)(=O)N1CCN(C2=NCCCCCCOc3ccccc3Oc3ncccc32)CC1. The van der Waals surface area contributed by atoms with Crippen LogP contribution < -0.4 is 9.47 Å². The Kier molecular flexibility index (Phi) is 7.26. The van der Waals surface area contributed by atoms with E-state index in [1.165, 1.54) is 10.6 Å². The summed E-state index contributed by atoms with van der Waals surface area (Å²) < 4.78 is 37.6. The van der Waals surface area contributed by atoms with Crippen molar-refractivity contribution in [2.24, 2.45) is 4.99 Å². The molecule has 32 heavy (non-hydrogen) atoms. The number of hydrogen-bond acceptors (Lipinski definition) is 7. The first-order valence-corrected chi connectivity index (χ1v) is 13.0. The van der Waals surface area contributed by atoms with Gasteiger partial charge in [-0.25, -0.2) is 13.4 Å². The molecule has 172 valence electrons. The van der Waals surface area contributed by atoms with Crippen molar-refractivity contribution in [3.05, 3.63) is 48.2 Å². The van der Waals surface area contributed by atoms with Crippen LogP contribution in [0.25, 0.3) is 0 Å². The fourth-order valence-corrected chi connectivity index (χ4v) is 4.75. The lowest BCUT2D eigenvalue weighted by Gasteiger charge is -2.35. The highest BCUT2D eigenvalue weighted by Gasteiger charge is 2.27. The molecule has 3 heterocycles. The van der Waals surface area contributed by atoms with Gasteiger partial charge in [0, 0.05) is 38.9 Å². The Balaban J connectivity index is 1.66. The predicted octanol–water partition coefficient (Wildman–Crippen LogP) is 3.15. The van der Waals surface area contributed by atoms with Gasteiger partial charge >= 0.3 is 0 Å². The van der Waals surface area contributed by atoms with Crippen molar-refractivity contribution in [1.82, 2.24) is 14.2 Å². The van der Waals surface area contributed by atoms with Gasteiger partial charge < -0.3 is 14.4 Å². The maximum atomic E-state index is 11.9. The number of nitrogens with zero attached hydrogens (tertiary/aromatic N) is 4. The maximum absolute atomic E-state index is 11.9. The number of sulfonamides is 1. The van der Waals surface area contributed by atoms with Crippen molar-refractivity contribution in [3.8, 4) is 17.4 Å². The van der Waals surface area contributed by atoms with Crippen molar-refractivity contribution in [2.75, 3.05) is 45.6 Å². The third-order valence-electron chi connectivity index (χ3n) is 5.65. The molecule has 0 atom stereocenters. The standard InChI is InChI=1S/C23H30N4O4S/c1-32(28,29)27-16-14-26(15-17-27)22-19-9-8-13-25-23(19)31-21-11-5-4-10-20(21)30-18-7-3-2-6-12-24-22/h4-5,8-11,13H,2-3,6-7,12,14-18H2,1H3. The minimum atomic E-state index is -3.20. The number of fused-ring (bicyclic) bond motifs is 2. The lowest BCUT2D eigenvalue weighted by Crippen LogP contribution is -2.50. The molecule has 4 rings (SSSR count). The summed E-state index contributed by atoms with van der Waals surface area (Å²) in [4.78, 5) is 11.6. The average Bonchev–Trinajstić information content (AvgIpc) is 2.79. The molecule has 1 aromatic carbocycles. The van der Waals surface area contributed by atoms with E-state index in [0.29, 0.717) is 56.7 Å². The van der Waals surface area contributed by atoms with Gasteiger partial charge in [0.05, 0.1) is 18.4 Å². The molecule has 8 nitrogen and oxygen atoms in total. The van der Waals surface area contributed by atoms with Crippen molar-refractivity contribution in [2.45, 2.75) is 25.7 Å². The number of ether oxygens (including phenoxy) is 2. The van der Waals surface area contributed by atoms with Crippen LogP contribution in [0.15, 0.2) is 47.6 Å². The van der Waals surface area contributed by atoms with Crippen LogP contribution in [-0.2, 0) is 10.0 Å². The lowest BCUT2D eigenvalue weighted by atomic mass is 10.2. The fraction of sp³-hybridized carbons (Fsp3) is 0.478. The third kappa shape index (κ3) is 5.58. The van der Waals surface area contributed by atoms with Gasteiger partial charge in [-0.1, -0.05) is 18.6 Å². The molecule has 9 heteroatoms. The monoisotopic (exact) mass is 458 g/mol. The smallest absolute Gasteiger partial charge is 0.230 e. The number of pyridine rings is 1. The van der Waals surface area contributed by atoms with Crippen LogP contribution >= 0.6 is 0 Å². The van der Waals surface area contributed by atoms with E-state index in [2.05, 4.69) is 9.88 Å². The molecule has 1 aromatic heterocycles. The van der Waals surface area contributed by atoms with Crippen LogP contribution in [0.4, 0.5) is 0 Å². The number of amidine groups is 1. The van der Waals surface area contributed by atoms with E-state index in [-0.39, 0.29) is 0 Å². The number of para-hydroxylation sites is 2. The first-order valence-electron chi connectivity index (χ1n) is 11.1. The molecule has 1 saturated heterocycles. The highest BCUT2D eigenvalue weighted by Crippen LogP contribution is 2.33. The first kappa shape index (κ1) is 22.5. The van der Waals surface area contributed by atoms with Gasteiger partial charge in [-0.15, -0.1) is 0 Å². The molecule has 0 aliphatic carbocycles. The number of hydrogen-bond donors (Lipinski definition) is 0. The van der Waals surface area contributed by atoms with Gasteiger partial charge in [-0.3, -0.25) is 4.99 Å². The summed E-state index contributed by atoms with van der Waals surface area (Å²) in [5, 5.41) is 0. The number of piperazine rings is 1. The summed E-state index contributed by atoms with van der Waals surface area (Å²) >= 11 is 0.